The minimum atomic E-state index is -1.36. The Labute approximate surface area is 387 Å². The van der Waals surface area contributed by atoms with Gasteiger partial charge >= 0.3 is 35.0 Å². The molecule has 0 aliphatic heterocycles. The van der Waals surface area contributed by atoms with E-state index in [4.69, 9.17) is 9.47 Å². The second-order valence-electron chi connectivity index (χ2n) is 16.5. The Hall–Kier alpha value is -2.91. The van der Waals surface area contributed by atoms with Crippen LogP contribution in [0.15, 0.2) is 48.5 Å². The van der Waals surface area contributed by atoms with Crippen LogP contribution in [-0.4, -0.2) is 60.1 Å². The van der Waals surface area contributed by atoms with Crippen LogP contribution in [0.2, 0.25) is 0 Å². The normalized spacial score (nSPS) is 10.7. The molecular weight excluding hydrogens is 777 g/mol. The third-order valence-corrected chi connectivity index (χ3v) is 11.2. The molecule has 0 heterocycles. The average Bonchev–Trinajstić information content (AvgIpc) is 3.25. The van der Waals surface area contributed by atoms with Crippen molar-refractivity contribution in [2.75, 3.05) is 13.2 Å². The van der Waals surface area contributed by atoms with Crippen LogP contribution < -0.4 is 10.2 Å². The van der Waals surface area contributed by atoms with Gasteiger partial charge in [0, 0.05) is 11.1 Å². The molecule has 0 amide bonds. The number of rotatable bonds is 38. The maximum Gasteiger partial charge on any atom is 2.00 e. The van der Waals surface area contributed by atoms with Crippen LogP contribution in [0.3, 0.4) is 0 Å². The van der Waals surface area contributed by atoms with Gasteiger partial charge in [-0.15, -0.1) is 0 Å². The number of carboxylic acid groups (broad SMARTS) is 2. The van der Waals surface area contributed by atoms with Gasteiger partial charge in [-0.1, -0.05) is 243 Å². The standard InChI is InChI=1S/2C26H42O4.Mg/c2*1-2-3-4-5-6-7-8-9-10-11-12-13-14-15-16-19-22-30-26(29)24-21-18-17-20-23(24)25(27)28;/h2*17-18,20-21H,2-16,19,22H2,1H3,(H,27,28);/q;;+2/p-2. The van der Waals surface area contributed by atoms with E-state index in [1.807, 2.05) is 0 Å². The predicted octanol–water partition coefficient (Wildman–Crippen LogP) is 12.6. The van der Waals surface area contributed by atoms with Crippen LogP contribution in [-0.2, 0) is 9.47 Å². The van der Waals surface area contributed by atoms with Crippen molar-refractivity contribution in [2.24, 2.45) is 0 Å². The van der Waals surface area contributed by atoms with Gasteiger partial charge in [-0.3, -0.25) is 0 Å². The number of carboxylic acids is 2. The summed E-state index contributed by atoms with van der Waals surface area (Å²) in [5.41, 5.74) is -0.105. The van der Waals surface area contributed by atoms with Crippen molar-refractivity contribution < 1.29 is 38.9 Å². The van der Waals surface area contributed by atoms with Crippen molar-refractivity contribution in [3.63, 3.8) is 0 Å². The summed E-state index contributed by atoms with van der Waals surface area (Å²) in [7, 11) is 0. The largest absolute Gasteiger partial charge is 2.00 e. The molecule has 9 heteroatoms. The van der Waals surface area contributed by atoms with Gasteiger partial charge in [0.2, 0.25) is 0 Å². The summed E-state index contributed by atoms with van der Waals surface area (Å²) in [6.45, 7) is 5.20. The second-order valence-corrected chi connectivity index (χ2v) is 16.5. The average molecular weight is 860 g/mol. The van der Waals surface area contributed by atoms with Crippen molar-refractivity contribution in [2.45, 2.75) is 219 Å². The SMILES string of the molecule is CCCCCCCCCCCCCCCCCCOC(=O)c1ccccc1C(=O)[O-].CCCCCCCCCCCCCCCCCCOC(=O)c1ccccc1C(=O)[O-].[Mg+2]. The third-order valence-electron chi connectivity index (χ3n) is 11.2. The van der Waals surface area contributed by atoms with Gasteiger partial charge in [-0.2, -0.15) is 0 Å². The zero-order valence-corrected chi connectivity index (χ0v) is 40.0. The number of carbonyl (C=O) groups excluding carboxylic acids is 4. The zero-order valence-electron chi connectivity index (χ0n) is 38.6. The van der Waals surface area contributed by atoms with Crippen molar-refractivity contribution in [3.05, 3.63) is 70.8 Å². The first kappa shape index (κ1) is 58.1. The molecule has 61 heavy (non-hydrogen) atoms. The van der Waals surface area contributed by atoms with Gasteiger partial charge in [-0.25, -0.2) is 9.59 Å². The molecule has 0 unspecified atom stereocenters. The number of esters is 2. The van der Waals surface area contributed by atoms with Crippen LogP contribution in [0.25, 0.3) is 0 Å². The minimum Gasteiger partial charge on any atom is -0.545 e. The number of ether oxygens (including phenoxy) is 2. The summed E-state index contributed by atoms with van der Waals surface area (Å²) in [6.07, 6.45) is 41.5. The summed E-state index contributed by atoms with van der Waals surface area (Å²) in [5, 5.41) is 22.1. The topological polar surface area (TPSA) is 133 Å². The third kappa shape index (κ3) is 32.4. The molecule has 0 aliphatic rings. The van der Waals surface area contributed by atoms with E-state index in [9.17, 15) is 29.4 Å². The fourth-order valence-corrected chi connectivity index (χ4v) is 7.46. The Morgan fingerprint density at radius 1 is 0.344 bits per heavy atom. The number of carbonyl (C=O) groups is 4. The van der Waals surface area contributed by atoms with Gasteiger partial charge in [0.25, 0.3) is 0 Å². The van der Waals surface area contributed by atoms with E-state index in [1.165, 1.54) is 191 Å². The van der Waals surface area contributed by atoms with E-state index in [2.05, 4.69) is 13.8 Å². The molecule has 0 bridgehead atoms. The van der Waals surface area contributed by atoms with Gasteiger partial charge in [-0.05, 0) is 25.0 Å². The van der Waals surface area contributed by atoms with Gasteiger partial charge < -0.3 is 29.3 Å². The molecule has 340 valence electrons. The summed E-state index contributed by atoms with van der Waals surface area (Å²) in [5.74, 6) is -3.89. The smallest absolute Gasteiger partial charge is 0.545 e. The van der Waals surface area contributed by atoms with E-state index in [0.29, 0.717) is 13.2 Å². The molecule has 2 rings (SSSR count). The minimum absolute atomic E-state index is 0. The molecule has 0 fully saturated rings. The second kappa shape index (κ2) is 42.4. The Morgan fingerprint density at radius 2 is 0.541 bits per heavy atom. The van der Waals surface area contributed by atoms with E-state index in [0.717, 1.165) is 38.5 Å². The van der Waals surface area contributed by atoms with Gasteiger partial charge in [0.05, 0.1) is 36.3 Å². The Morgan fingerprint density at radius 3 is 0.754 bits per heavy atom. The summed E-state index contributed by atoms with van der Waals surface area (Å²) in [6, 6.07) is 12.0. The molecule has 0 spiro atoms. The van der Waals surface area contributed by atoms with Crippen molar-refractivity contribution >= 4 is 46.9 Å². The molecule has 0 saturated heterocycles. The molecule has 0 aliphatic carbocycles. The summed E-state index contributed by atoms with van der Waals surface area (Å²) in [4.78, 5) is 46.1. The maximum absolute atomic E-state index is 12.0. The first-order chi connectivity index (χ1) is 29.3. The zero-order chi connectivity index (χ0) is 43.7. The molecule has 0 N–H and O–H groups in total. The van der Waals surface area contributed by atoms with Gasteiger partial charge in [0.15, 0.2) is 0 Å². The first-order valence-electron chi connectivity index (χ1n) is 24.3. The monoisotopic (exact) mass is 859 g/mol. The van der Waals surface area contributed by atoms with E-state index in [1.54, 1.807) is 24.3 Å². The van der Waals surface area contributed by atoms with Crippen molar-refractivity contribution in [1.82, 2.24) is 0 Å². The molecule has 8 nitrogen and oxygen atoms in total. The number of benzene rings is 2. The fraction of sp³-hybridized carbons (Fsp3) is 0.692. The van der Waals surface area contributed by atoms with Crippen LogP contribution in [0.4, 0.5) is 0 Å². The maximum atomic E-state index is 12.0. The van der Waals surface area contributed by atoms with E-state index >= 15 is 0 Å². The molecule has 0 atom stereocenters. The first-order valence-corrected chi connectivity index (χ1v) is 24.3. The van der Waals surface area contributed by atoms with Crippen LogP contribution in [0, 0.1) is 0 Å². The quantitative estimate of drug-likeness (QED) is 0.0370. The number of hydrogen-bond donors (Lipinski definition) is 0. The Bertz CT molecular complexity index is 1280. The van der Waals surface area contributed by atoms with Crippen molar-refractivity contribution in [1.29, 1.82) is 0 Å². The van der Waals surface area contributed by atoms with Crippen molar-refractivity contribution in [3.8, 4) is 0 Å². The molecular formula is C52H82MgO8. The summed E-state index contributed by atoms with van der Waals surface area (Å²) < 4.78 is 10.4. The fourth-order valence-electron chi connectivity index (χ4n) is 7.46. The van der Waals surface area contributed by atoms with Gasteiger partial charge in [0.1, 0.15) is 0 Å². The Kier molecular flexibility index (Phi) is 40.4. The molecule has 0 radical (unpaired) electrons. The molecule has 0 saturated carbocycles. The Balaban J connectivity index is 0.00000116. The van der Waals surface area contributed by atoms with E-state index in [-0.39, 0.29) is 45.3 Å². The predicted molar refractivity (Wildman–Crippen MR) is 247 cm³/mol. The molecule has 2 aromatic carbocycles. The number of unbranched alkanes of at least 4 members (excludes halogenated alkanes) is 30. The molecule has 0 aromatic heterocycles. The van der Waals surface area contributed by atoms with Crippen LogP contribution >= 0.6 is 0 Å². The van der Waals surface area contributed by atoms with Crippen LogP contribution in [0.5, 0.6) is 0 Å². The number of aromatic carboxylic acids is 2. The van der Waals surface area contributed by atoms with E-state index < -0.39 is 23.9 Å². The van der Waals surface area contributed by atoms with Crippen LogP contribution in [0.1, 0.15) is 261 Å². The summed E-state index contributed by atoms with van der Waals surface area (Å²) >= 11 is 0. The number of hydrogen-bond acceptors (Lipinski definition) is 8. The molecule has 2 aromatic rings.